The number of nitrogens with zero attached hydrogens (tertiary/aromatic N) is 3. The van der Waals surface area contributed by atoms with Crippen LogP contribution in [0.5, 0.6) is 11.5 Å². The minimum atomic E-state index is 0.262. The van der Waals surface area contributed by atoms with Crippen LogP contribution in [0.2, 0.25) is 5.02 Å². The zero-order valence-electron chi connectivity index (χ0n) is 15.5. The average Bonchev–Trinajstić information content (AvgIpc) is 3.43. The van der Waals surface area contributed by atoms with E-state index < -0.39 is 0 Å². The van der Waals surface area contributed by atoms with E-state index in [9.17, 15) is 0 Å². The monoisotopic (exact) mass is 417 g/mol. The van der Waals surface area contributed by atoms with Gasteiger partial charge in [-0.3, -0.25) is 4.90 Å². The van der Waals surface area contributed by atoms with Crippen molar-refractivity contribution >= 4 is 22.9 Å². The molecule has 0 unspecified atom stereocenters. The summed E-state index contributed by atoms with van der Waals surface area (Å²) in [5.41, 5.74) is 1.07. The Morgan fingerprint density at radius 3 is 2.68 bits per heavy atom. The van der Waals surface area contributed by atoms with E-state index in [0.717, 1.165) is 65.3 Å². The van der Waals surface area contributed by atoms with Crippen LogP contribution in [0.3, 0.4) is 0 Å². The lowest BCUT2D eigenvalue weighted by Crippen LogP contribution is -2.32. The van der Waals surface area contributed by atoms with E-state index in [1.165, 1.54) is 4.88 Å². The fraction of sp³-hybridized carbons (Fsp3) is 0.400. The van der Waals surface area contributed by atoms with E-state index in [0.29, 0.717) is 11.8 Å². The van der Waals surface area contributed by atoms with Gasteiger partial charge >= 0.3 is 0 Å². The molecule has 1 fully saturated rings. The summed E-state index contributed by atoms with van der Waals surface area (Å²) in [5, 5.41) is 9.27. The van der Waals surface area contributed by atoms with Gasteiger partial charge in [0.15, 0.2) is 11.5 Å². The largest absolute Gasteiger partial charge is 0.454 e. The molecular weight excluding hydrogens is 398 g/mol. The third kappa shape index (κ3) is 3.50. The van der Waals surface area contributed by atoms with Crippen molar-refractivity contribution < 1.29 is 13.9 Å². The number of halogens is 1. The molecule has 0 spiro atoms. The van der Waals surface area contributed by atoms with Gasteiger partial charge in [0.25, 0.3) is 5.89 Å². The number of aromatic nitrogens is 2. The highest BCUT2D eigenvalue weighted by molar-refractivity contribution is 7.15. The highest BCUT2D eigenvalue weighted by Crippen LogP contribution is 2.38. The zero-order chi connectivity index (χ0) is 19.1. The van der Waals surface area contributed by atoms with E-state index in [4.69, 9.17) is 25.5 Å². The molecule has 2 aromatic heterocycles. The van der Waals surface area contributed by atoms with Crippen molar-refractivity contribution in [2.75, 3.05) is 19.9 Å². The third-order valence-electron chi connectivity index (χ3n) is 5.26. The Balaban J connectivity index is 1.22. The van der Waals surface area contributed by atoms with Crippen LogP contribution in [0.15, 0.2) is 28.7 Å². The Hall–Kier alpha value is -2.09. The summed E-state index contributed by atoms with van der Waals surface area (Å²) in [5.74, 6) is 3.19. The Bertz CT molecular complexity index is 994. The molecule has 28 heavy (non-hydrogen) atoms. The first-order valence-corrected chi connectivity index (χ1v) is 10.6. The van der Waals surface area contributed by atoms with Gasteiger partial charge < -0.3 is 13.9 Å². The Labute approximate surface area is 172 Å². The Morgan fingerprint density at radius 1 is 1.14 bits per heavy atom. The SMILES string of the molecule is Cc1ccc(-c2nnc(C3CCN(Cc4cc5c(cc4Cl)OCO5)CC3)o2)s1. The van der Waals surface area contributed by atoms with Crippen LogP contribution in [0.1, 0.15) is 35.1 Å². The van der Waals surface area contributed by atoms with Gasteiger partial charge in [0, 0.05) is 28.4 Å². The highest BCUT2D eigenvalue weighted by Gasteiger charge is 2.26. The quantitative estimate of drug-likeness (QED) is 0.603. The Kier molecular flexibility index (Phi) is 4.74. The fourth-order valence-corrected chi connectivity index (χ4v) is 4.71. The van der Waals surface area contributed by atoms with Crippen molar-refractivity contribution in [1.82, 2.24) is 15.1 Å². The van der Waals surface area contributed by atoms with Gasteiger partial charge in [-0.2, -0.15) is 0 Å². The molecule has 4 heterocycles. The maximum absolute atomic E-state index is 6.42. The standard InChI is InChI=1S/C20H20ClN3O3S/c1-12-2-3-18(28-12)20-23-22-19(27-20)13-4-6-24(7-5-13)10-14-8-16-17(9-15(14)21)26-11-25-16/h2-3,8-9,13H,4-7,10-11H2,1H3. The summed E-state index contributed by atoms with van der Waals surface area (Å²) < 4.78 is 16.8. The molecule has 146 valence electrons. The normalized spacial score (nSPS) is 17.4. The number of likely N-dealkylation sites (tertiary alicyclic amines) is 1. The molecule has 0 radical (unpaired) electrons. The molecule has 0 N–H and O–H groups in total. The van der Waals surface area contributed by atoms with Crippen molar-refractivity contribution in [3.63, 3.8) is 0 Å². The second kappa shape index (κ2) is 7.39. The number of piperidine rings is 1. The van der Waals surface area contributed by atoms with E-state index in [1.807, 2.05) is 18.2 Å². The smallest absolute Gasteiger partial charge is 0.257 e. The van der Waals surface area contributed by atoms with Crippen molar-refractivity contribution in [3.8, 4) is 22.3 Å². The average molecular weight is 418 g/mol. The van der Waals surface area contributed by atoms with Gasteiger partial charge in [0.1, 0.15) is 0 Å². The minimum absolute atomic E-state index is 0.262. The molecular formula is C20H20ClN3O3S. The molecule has 0 atom stereocenters. The molecule has 0 saturated carbocycles. The third-order valence-corrected chi connectivity index (χ3v) is 6.60. The van der Waals surface area contributed by atoms with Gasteiger partial charge in [-0.15, -0.1) is 21.5 Å². The molecule has 0 aliphatic carbocycles. The minimum Gasteiger partial charge on any atom is -0.454 e. The fourth-order valence-electron chi connectivity index (χ4n) is 3.71. The molecule has 5 rings (SSSR count). The summed E-state index contributed by atoms with van der Waals surface area (Å²) in [7, 11) is 0. The van der Waals surface area contributed by atoms with Crippen LogP contribution in [-0.2, 0) is 6.54 Å². The topological polar surface area (TPSA) is 60.6 Å². The lowest BCUT2D eigenvalue weighted by molar-refractivity contribution is 0.173. The van der Waals surface area contributed by atoms with Crippen molar-refractivity contribution in [2.45, 2.75) is 32.2 Å². The number of thiophene rings is 1. The highest BCUT2D eigenvalue weighted by atomic mass is 35.5. The van der Waals surface area contributed by atoms with Gasteiger partial charge in [-0.1, -0.05) is 11.6 Å². The summed E-state index contributed by atoms with van der Waals surface area (Å²) in [4.78, 5) is 4.68. The first kappa shape index (κ1) is 18.0. The molecule has 0 bridgehead atoms. The molecule has 1 aromatic carbocycles. The second-order valence-electron chi connectivity index (χ2n) is 7.20. The number of benzene rings is 1. The van der Waals surface area contributed by atoms with Crippen LogP contribution in [0.4, 0.5) is 0 Å². The molecule has 8 heteroatoms. The molecule has 3 aromatic rings. The summed E-state index contributed by atoms with van der Waals surface area (Å²) in [6.07, 6.45) is 1.99. The number of ether oxygens (including phenoxy) is 2. The Morgan fingerprint density at radius 2 is 1.93 bits per heavy atom. The van der Waals surface area contributed by atoms with Crippen LogP contribution in [0, 0.1) is 6.92 Å². The molecule has 0 amide bonds. The number of fused-ring (bicyclic) bond motifs is 1. The van der Waals surface area contributed by atoms with E-state index >= 15 is 0 Å². The van der Waals surface area contributed by atoms with E-state index in [-0.39, 0.29) is 6.79 Å². The first-order chi connectivity index (χ1) is 13.7. The van der Waals surface area contributed by atoms with Crippen molar-refractivity contribution in [2.24, 2.45) is 0 Å². The van der Waals surface area contributed by atoms with Gasteiger partial charge in [-0.25, -0.2) is 0 Å². The van der Waals surface area contributed by atoms with Gasteiger partial charge in [0.2, 0.25) is 12.7 Å². The lowest BCUT2D eigenvalue weighted by Gasteiger charge is -2.30. The molecule has 6 nitrogen and oxygen atoms in total. The van der Waals surface area contributed by atoms with Crippen LogP contribution in [-0.4, -0.2) is 35.0 Å². The van der Waals surface area contributed by atoms with Gasteiger partial charge in [0.05, 0.1) is 4.88 Å². The number of rotatable bonds is 4. The second-order valence-corrected chi connectivity index (χ2v) is 8.90. The number of hydrogen-bond donors (Lipinski definition) is 0. The summed E-state index contributed by atoms with van der Waals surface area (Å²) in [6.45, 7) is 5.06. The predicted octanol–water partition coefficient (Wildman–Crippen LogP) is 4.87. The first-order valence-electron chi connectivity index (χ1n) is 9.36. The van der Waals surface area contributed by atoms with E-state index in [1.54, 1.807) is 11.3 Å². The van der Waals surface area contributed by atoms with E-state index in [2.05, 4.69) is 28.1 Å². The lowest BCUT2D eigenvalue weighted by atomic mass is 9.96. The molecule has 2 aliphatic heterocycles. The van der Waals surface area contributed by atoms with Crippen molar-refractivity contribution in [3.05, 3.63) is 45.6 Å². The zero-order valence-corrected chi connectivity index (χ0v) is 17.1. The van der Waals surface area contributed by atoms with Crippen LogP contribution in [0.25, 0.3) is 10.8 Å². The maximum atomic E-state index is 6.42. The molecule has 2 aliphatic rings. The summed E-state index contributed by atoms with van der Waals surface area (Å²) in [6, 6.07) is 7.95. The van der Waals surface area contributed by atoms with Crippen LogP contribution >= 0.6 is 22.9 Å². The van der Waals surface area contributed by atoms with Gasteiger partial charge in [-0.05, 0) is 56.6 Å². The van der Waals surface area contributed by atoms with Crippen LogP contribution < -0.4 is 9.47 Å². The summed E-state index contributed by atoms with van der Waals surface area (Å²) >= 11 is 8.10. The molecule has 1 saturated heterocycles. The number of aryl methyl sites for hydroxylation is 1. The predicted molar refractivity (Wildman–Crippen MR) is 107 cm³/mol. The number of hydrogen-bond acceptors (Lipinski definition) is 7. The maximum Gasteiger partial charge on any atom is 0.257 e. The van der Waals surface area contributed by atoms with Crippen molar-refractivity contribution in [1.29, 1.82) is 0 Å².